The van der Waals surface area contributed by atoms with E-state index in [1.54, 1.807) is 0 Å². The number of piperidine rings is 1. The lowest BCUT2D eigenvalue weighted by molar-refractivity contribution is -0.167. The molecule has 0 bridgehead atoms. The van der Waals surface area contributed by atoms with Crippen molar-refractivity contribution in [3.63, 3.8) is 0 Å². The third-order valence-electron chi connectivity index (χ3n) is 8.29. The number of esters is 1. The van der Waals surface area contributed by atoms with Crippen molar-refractivity contribution in [1.82, 2.24) is 4.90 Å². The zero-order chi connectivity index (χ0) is 24.3. The molecule has 2 aromatic carbocycles. The lowest BCUT2D eigenvalue weighted by atomic mass is 9.64. The summed E-state index contributed by atoms with van der Waals surface area (Å²) in [6.07, 6.45) is 3.65. The number of benzene rings is 2. The Morgan fingerprint density at radius 3 is 2.35 bits per heavy atom. The summed E-state index contributed by atoms with van der Waals surface area (Å²) in [5.74, 6) is 0.683. The number of carbonyl (C=O) groups is 2. The molecule has 1 aliphatic heterocycles. The Labute approximate surface area is 204 Å². The van der Waals surface area contributed by atoms with Crippen LogP contribution in [0.25, 0.3) is 0 Å². The van der Waals surface area contributed by atoms with Gasteiger partial charge in [0.25, 0.3) is 0 Å². The van der Waals surface area contributed by atoms with Crippen LogP contribution < -0.4 is 0 Å². The van der Waals surface area contributed by atoms with Gasteiger partial charge in [0.2, 0.25) is 0 Å². The van der Waals surface area contributed by atoms with Crippen LogP contribution in [-0.4, -0.2) is 35.3 Å². The van der Waals surface area contributed by atoms with Gasteiger partial charge in [0.15, 0.2) is 0 Å². The molecule has 5 atom stereocenters. The zero-order valence-electron chi connectivity index (χ0n) is 21.1. The molecule has 182 valence electrons. The highest BCUT2D eigenvalue weighted by atomic mass is 16.5. The predicted octanol–water partition coefficient (Wildman–Crippen LogP) is 6.11. The first-order chi connectivity index (χ1) is 16.3. The Hall–Kier alpha value is -2.46. The van der Waals surface area contributed by atoms with Crippen LogP contribution in [0.3, 0.4) is 0 Å². The molecule has 1 aliphatic carbocycles. The number of likely N-dealkylation sites (tertiary alicyclic amines) is 1. The number of nitrogens with zero attached hydrogens (tertiary/aromatic N) is 1. The molecule has 1 saturated carbocycles. The number of hydrogen-bond donors (Lipinski definition) is 0. The molecule has 2 aliphatic rings. The standard InChI is InChI=1S/C30H39NO3/c1-21-15-16-26(30(3,4)24-13-9-6-10-14-24)28(19-21)34-29(33)27-20-25(32)17-18-31(27)22(2)23-11-7-5-8-12-23/h5-14,21-22,26-28H,15-20H2,1-4H3/t21-,22+,26-,27-,28+/m1/s1. The van der Waals surface area contributed by atoms with Crippen LogP contribution in [0.1, 0.15) is 77.0 Å². The maximum Gasteiger partial charge on any atom is 0.324 e. The molecular weight excluding hydrogens is 422 g/mol. The first kappa shape index (κ1) is 24.7. The number of carbonyl (C=O) groups excluding carboxylic acids is 2. The van der Waals surface area contributed by atoms with Crippen molar-refractivity contribution in [2.45, 2.75) is 83.4 Å². The summed E-state index contributed by atoms with van der Waals surface area (Å²) >= 11 is 0. The maximum absolute atomic E-state index is 13.7. The second kappa shape index (κ2) is 10.4. The van der Waals surface area contributed by atoms with E-state index in [0.717, 1.165) is 24.8 Å². The maximum atomic E-state index is 13.7. The van der Waals surface area contributed by atoms with Gasteiger partial charge in [0.05, 0.1) is 0 Å². The smallest absolute Gasteiger partial charge is 0.324 e. The van der Waals surface area contributed by atoms with Crippen molar-refractivity contribution >= 4 is 11.8 Å². The van der Waals surface area contributed by atoms with Crippen molar-refractivity contribution in [2.75, 3.05) is 6.54 Å². The normalized spacial score (nSPS) is 27.2. The van der Waals surface area contributed by atoms with Gasteiger partial charge in [-0.3, -0.25) is 14.5 Å². The van der Waals surface area contributed by atoms with Crippen LogP contribution in [-0.2, 0) is 19.7 Å². The van der Waals surface area contributed by atoms with Gasteiger partial charge < -0.3 is 4.74 Å². The molecule has 0 spiro atoms. The summed E-state index contributed by atoms with van der Waals surface area (Å²) < 4.78 is 6.35. The molecule has 0 amide bonds. The molecule has 4 nitrogen and oxygen atoms in total. The van der Waals surface area contributed by atoms with E-state index in [0.29, 0.717) is 18.9 Å². The highest BCUT2D eigenvalue weighted by molar-refractivity contribution is 5.88. The minimum absolute atomic E-state index is 0.0497. The van der Waals surface area contributed by atoms with Crippen molar-refractivity contribution in [2.24, 2.45) is 11.8 Å². The summed E-state index contributed by atoms with van der Waals surface area (Å²) in [4.78, 5) is 28.2. The van der Waals surface area contributed by atoms with E-state index in [1.807, 2.05) is 24.3 Å². The van der Waals surface area contributed by atoms with Crippen LogP contribution in [0.4, 0.5) is 0 Å². The molecule has 0 aromatic heterocycles. The molecule has 34 heavy (non-hydrogen) atoms. The molecule has 2 fully saturated rings. The topological polar surface area (TPSA) is 46.6 Å². The lowest BCUT2D eigenvalue weighted by Gasteiger charge is -2.45. The minimum Gasteiger partial charge on any atom is -0.461 e. The summed E-state index contributed by atoms with van der Waals surface area (Å²) in [7, 11) is 0. The van der Waals surface area contributed by atoms with Gasteiger partial charge >= 0.3 is 5.97 Å². The van der Waals surface area contributed by atoms with Crippen molar-refractivity contribution in [3.05, 3.63) is 71.8 Å². The number of rotatable bonds is 6. The molecule has 0 N–H and O–H groups in total. The van der Waals surface area contributed by atoms with E-state index >= 15 is 0 Å². The quantitative estimate of drug-likeness (QED) is 0.487. The van der Waals surface area contributed by atoms with E-state index in [2.05, 4.69) is 69.0 Å². The molecule has 4 heteroatoms. The van der Waals surface area contributed by atoms with Gasteiger partial charge in [-0.2, -0.15) is 0 Å². The highest BCUT2D eigenvalue weighted by Gasteiger charge is 2.44. The molecule has 2 aromatic rings. The van der Waals surface area contributed by atoms with Gasteiger partial charge in [0.1, 0.15) is 17.9 Å². The molecular formula is C30H39NO3. The Bertz CT molecular complexity index is 971. The van der Waals surface area contributed by atoms with Crippen molar-refractivity contribution in [1.29, 1.82) is 0 Å². The van der Waals surface area contributed by atoms with Crippen LogP contribution in [0, 0.1) is 11.8 Å². The SMILES string of the molecule is C[C@@H]1CC[C@@H](C(C)(C)c2ccccc2)[C@@H](OC(=O)[C@H]2CC(=O)CCN2[C@@H](C)c2ccccc2)C1. The van der Waals surface area contributed by atoms with Crippen LogP contribution in [0.15, 0.2) is 60.7 Å². The van der Waals surface area contributed by atoms with Gasteiger partial charge in [-0.25, -0.2) is 0 Å². The first-order valence-electron chi connectivity index (χ1n) is 12.9. The van der Waals surface area contributed by atoms with E-state index in [4.69, 9.17) is 4.74 Å². The average molecular weight is 462 g/mol. The molecule has 0 radical (unpaired) electrons. The van der Waals surface area contributed by atoms with E-state index in [1.165, 1.54) is 5.56 Å². The molecule has 1 saturated heterocycles. The Morgan fingerprint density at radius 2 is 1.68 bits per heavy atom. The fraction of sp³-hybridized carbons (Fsp3) is 0.533. The van der Waals surface area contributed by atoms with Gasteiger partial charge in [-0.15, -0.1) is 0 Å². The number of ether oxygens (including phenoxy) is 1. The molecule has 0 unspecified atom stereocenters. The molecule has 1 heterocycles. The van der Waals surface area contributed by atoms with Crippen LogP contribution >= 0.6 is 0 Å². The second-order valence-corrected chi connectivity index (χ2v) is 10.9. The molecule has 4 rings (SSSR count). The predicted molar refractivity (Wildman–Crippen MR) is 135 cm³/mol. The number of ketones is 1. The summed E-state index contributed by atoms with van der Waals surface area (Å²) in [6, 6.07) is 20.3. The average Bonchev–Trinajstić information content (AvgIpc) is 2.84. The Kier molecular flexibility index (Phi) is 7.57. The Morgan fingerprint density at radius 1 is 1.03 bits per heavy atom. The lowest BCUT2D eigenvalue weighted by Crippen LogP contribution is -2.51. The zero-order valence-corrected chi connectivity index (χ0v) is 21.1. The third kappa shape index (κ3) is 5.27. The van der Waals surface area contributed by atoms with E-state index in [-0.39, 0.29) is 41.7 Å². The number of hydrogen-bond acceptors (Lipinski definition) is 4. The monoisotopic (exact) mass is 461 g/mol. The van der Waals surface area contributed by atoms with Crippen molar-refractivity contribution in [3.8, 4) is 0 Å². The third-order valence-corrected chi connectivity index (χ3v) is 8.29. The first-order valence-corrected chi connectivity index (χ1v) is 12.9. The van der Waals surface area contributed by atoms with Crippen molar-refractivity contribution < 1.29 is 14.3 Å². The largest absolute Gasteiger partial charge is 0.461 e. The summed E-state index contributed by atoms with van der Waals surface area (Å²) in [5, 5.41) is 0. The van der Waals surface area contributed by atoms with E-state index < -0.39 is 6.04 Å². The summed E-state index contributed by atoms with van der Waals surface area (Å²) in [5.41, 5.74) is 2.33. The van der Waals surface area contributed by atoms with Crippen LogP contribution in [0.5, 0.6) is 0 Å². The van der Waals surface area contributed by atoms with Crippen LogP contribution in [0.2, 0.25) is 0 Å². The van der Waals surface area contributed by atoms with Gasteiger partial charge in [-0.05, 0) is 42.2 Å². The fourth-order valence-corrected chi connectivity index (χ4v) is 6.04. The minimum atomic E-state index is -0.519. The Balaban J connectivity index is 1.55. The second-order valence-electron chi connectivity index (χ2n) is 10.9. The number of Topliss-reactive ketones (excluding diaryl/α,β-unsaturated/α-hetero) is 1. The summed E-state index contributed by atoms with van der Waals surface area (Å²) in [6.45, 7) is 9.51. The van der Waals surface area contributed by atoms with Gasteiger partial charge in [0, 0.05) is 31.3 Å². The van der Waals surface area contributed by atoms with Gasteiger partial charge in [-0.1, -0.05) is 87.9 Å². The fourth-order valence-electron chi connectivity index (χ4n) is 6.04. The van der Waals surface area contributed by atoms with E-state index in [9.17, 15) is 9.59 Å². The highest BCUT2D eigenvalue weighted by Crippen LogP contribution is 2.44.